The summed E-state index contributed by atoms with van der Waals surface area (Å²) in [7, 11) is 0. The molecule has 108 valence electrons. The molecule has 2 aromatic rings. The van der Waals surface area contributed by atoms with Gasteiger partial charge in [-0.3, -0.25) is 5.32 Å². The van der Waals surface area contributed by atoms with Gasteiger partial charge in [0, 0.05) is 0 Å². The summed E-state index contributed by atoms with van der Waals surface area (Å²) in [5.41, 5.74) is 0.869. The second-order valence-corrected chi connectivity index (χ2v) is 6.12. The number of rotatable bonds is 5. The summed E-state index contributed by atoms with van der Waals surface area (Å²) in [5.74, 6) is 0.412. The van der Waals surface area contributed by atoms with Gasteiger partial charge in [0.25, 0.3) is 0 Å². The Labute approximate surface area is 122 Å². The average Bonchev–Trinajstić information content (AvgIpc) is 2.79. The van der Waals surface area contributed by atoms with Crippen LogP contribution in [0.25, 0.3) is 10.2 Å². The lowest BCUT2D eigenvalue weighted by molar-refractivity contribution is 0.214. The third-order valence-corrected chi connectivity index (χ3v) is 3.78. The summed E-state index contributed by atoms with van der Waals surface area (Å²) in [6.07, 6.45) is 0.740. The zero-order valence-electron chi connectivity index (χ0n) is 11.6. The van der Waals surface area contributed by atoms with Gasteiger partial charge in [-0.15, -0.1) is 0 Å². The number of nitrogens with zero attached hydrogens (tertiary/aromatic N) is 1. The highest BCUT2D eigenvalue weighted by Crippen LogP contribution is 2.25. The monoisotopic (exact) mass is 293 g/mol. The summed E-state index contributed by atoms with van der Waals surface area (Å²) in [6.45, 7) is 4.04. The maximum absolute atomic E-state index is 11.9. The molecule has 1 heterocycles. The fourth-order valence-electron chi connectivity index (χ4n) is 1.99. The van der Waals surface area contributed by atoms with Crippen molar-refractivity contribution in [3.63, 3.8) is 0 Å². The van der Waals surface area contributed by atoms with Gasteiger partial charge in [0.2, 0.25) is 0 Å². The Morgan fingerprint density at radius 1 is 1.40 bits per heavy atom. The topological polar surface area (TPSA) is 74.2 Å². The van der Waals surface area contributed by atoms with E-state index in [-0.39, 0.29) is 18.7 Å². The van der Waals surface area contributed by atoms with Crippen LogP contribution >= 0.6 is 11.3 Å². The number of aliphatic hydroxyl groups is 1. The summed E-state index contributed by atoms with van der Waals surface area (Å²) in [4.78, 5) is 16.2. The Kier molecular flexibility index (Phi) is 4.92. The lowest BCUT2D eigenvalue weighted by atomic mass is 10.0. The number of nitrogens with one attached hydrogen (secondary N) is 2. The van der Waals surface area contributed by atoms with Gasteiger partial charge in [0.1, 0.15) is 0 Å². The van der Waals surface area contributed by atoms with Crippen molar-refractivity contribution in [1.82, 2.24) is 10.3 Å². The van der Waals surface area contributed by atoms with Gasteiger partial charge in [-0.05, 0) is 24.5 Å². The van der Waals surface area contributed by atoms with Crippen LogP contribution in [-0.4, -0.2) is 28.8 Å². The molecule has 0 aliphatic carbocycles. The van der Waals surface area contributed by atoms with Crippen LogP contribution < -0.4 is 10.6 Å². The minimum atomic E-state index is -0.330. The highest BCUT2D eigenvalue weighted by Gasteiger charge is 2.14. The highest BCUT2D eigenvalue weighted by molar-refractivity contribution is 7.22. The van der Waals surface area contributed by atoms with E-state index in [1.165, 1.54) is 11.3 Å². The van der Waals surface area contributed by atoms with Crippen molar-refractivity contribution in [2.24, 2.45) is 5.92 Å². The second kappa shape index (κ2) is 6.67. The molecule has 0 radical (unpaired) electrons. The Hall–Kier alpha value is -1.66. The first-order valence-electron chi connectivity index (χ1n) is 6.62. The van der Waals surface area contributed by atoms with Gasteiger partial charge in [0.15, 0.2) is 5.13 Å². The molecule has 5 nitrogen and oxygen atoms in total. The molecule has 1 aromatic heterocycles. The van der Waals surface area contributed by atoms with Crippen molar-refractivity contribution in [2.45, 2.75) is 26.3 Å². The fourth-order valence-corrected chi connectivity index (χ4v) is 2.85. The molecule has 0 spiro atoms. The second-order valence-electron chi connectivity index (χ2n) is 5.09. The van der Waals surface area contributed by atoms with Crippen LogP contribution in [-0.2, 0) is 0 Å². The van der Waals surface area contributed by atoms with Crippen LogP contribution in [0, 0.1) is 5.92 Å². The van der Waals surface area contributed by atoms with E-state index in [9.17, 15) is 9.90 Å². The van der Waals surface area contributed by atoms with Crippen molar-refractivity contribution in [3.8, 4) is 0 Å². The number of para-hydroxylation sites is 1. The number of fused-ring (bicyclic) bond motifs is 1. The minimum absolute atomic E-state index is 0.0640. The number of aromatic nitrogens is 1. The molecule has 0 aliphatic rings. The van der Waals surface area contributed by atoms with E-state index in [4.69, 9.17) is 0 Å². The van der Waals surface area contributed by atoms with Crippen LogP contribution in [0.3, 0.4) is 0 Å². The predicted octanol–water partition coefficient (Wildman–Crippen LogP) is 2.82. The van der Waals surface area contributed by atoms with Crippen LogP contribution in [0.2, 0.25) is 0 Å². The first kappa shape index (κ1) is 14.7. The van der Waals surface area contributed by atoms with E-state index in [0.717, 1.165) is 16.6 Å². The highest BCUT2D eigenvalue weighted by atomic mass is 32.1. The molecule has 0 saturated carbocycles. The van der Waals surface area contributed by atoms with E-state index in [2.05, 4.69) is 29.5 Å². The number of anilines is 1. The molecule has 1 aromatic carbocycles. The third-order valence-electron chi connectivity index (χ3n) is 2.83. The number of urea groups is 1. The number of thiazole rings is 1. The Balaban J connectivity index is 1.96. The number of carbonyl (C=O) groups excluding carboxylic acids is 1. The molecule has 0 saturated heterocycles. The molecule has 20 heavy (non-hydrogen) atoms. The van der Waals surface area contributed by atoms with Crippen molar-refractivity contribution in [3.05, 3.63) is 24.3 Å². The SMILES string of the molecule is CC(C)CC(CO)NC(=O)Nc1nc2ccccc2s1. The molecule has 0 aliphatic heterocycles. The molecule has 1 unspecified atom stereocenters. The summed E-state index contributed by atoms with van der Waals surface area (Å²) < 4.78 is 1.03. The summed E-state index contributed by atoms with van der Waals surface area (Å²) >= 11 is 1.43. The number of benzene rings is 1. The maximum atomic E-state index is 11.9. The van der Waals surface area contributed by atoms with Gasteiger partial charge in [-0.1, -0.05) is 37.3 Å². The van der Waals surface area contributed by atoms with Crippen molar-refractivity contribution in [2.75, 3.05) is 11.9 Å². The lowest BCUT2D eigenvalue weighted by Crippen LogP contribution is -2.40. The van der Waals surface area contributed by atoms with Crippen molar-refractivity contribution >= 4 is 32.7 Å². The number of hydrogen-bond donors (Lipinski definition) is 3. The number of hydrogen-bond acceptors (Lipinski definition) is 4. The van der Waals surface area contributed by atoms with E-state index < -0.39 is 0 Å². The summed E-state index contributed by atoms with van der Waals surface area (Å²) in [5, 5.41) is 15.3. The first-order valence-corrected chi connectivity index (χ1v) is 7.44. The number of amides is 2. The van der Waals surface area contributed by atoms with Gasteiger partial charge >= 0.3 is 6.03 Å². The number of carbonyl (C=O) groups is 1. The Morgan fingerprint density at radius 2 is 2.15 bits per heavy atom. The number of aliphatic hydroxyl groups excluding tert-OH is 1. The van der Waals surface area contributed by atoms with Crippen LogP contribution in [0.15, 0.2) is 24.3 Å². The standard InChI is InChI=1S/C14H19N3O2S/c1-9(2)7-10(8-18)15-13(19)17-14-16-11-5-3-4-6-12(11)20-14/h3-6,9-10,18H,7-8H2,1-2H3,(H2,15,16,17,19). The molecular formula is C14H19N3O2S. The van der Waals surface area contributed by atoms with Crippen LogP contribution in [0.5, 0.6) is 0 Å². The van der Waals surface area contributed by atoms with E-state index in [0.29, 0.717) is 11.0 Å². The molecule has 2 amide bonds. The van der Waals surface area contributed by atoms with Gasteiger partial charge in [-0.25, -0.2) is 9.78 Å². The average molecular weight is 293 g/mol. The smallest absolute Gasteiger partial charge is 0.321 e. The predicted molar refractivity (Wildman–Crippen MR) is 82.1 cm³/mol. The molecule has 0 bridgehead atoms. The molecular weight excluding hydrogens is 274 g/mol. The zero-order valence-corrected chi connectivity index (χ0v) is 12.4. The van der Waals surface area contributed by atoms with Crippen molar-refractivity contribution < 1.29 is 9.90 Å². The Morgan fingerprint density at radius 3 is 2.80 bits per heavy atom. The molecule has 1 atom stereocenters. The third kappa shape index (κ3) is 3.91. The Bertz CT molecular complexity index is 550. The quantitative estimate of drug-likeness (QED) is 0.793. The van der Waals surface area contributed by atoms with Gasteiger partial charge in [0.05, 0.1) is 22.9 Å². The fraction of sp³-hybridized carbons (Fsp3) is 0.429. The van der Waals surface area contributed by atoms with Crippen molar-refractivity contribution in [1.29, 1.82) is 0 Å². The normalized spacial score (nSPS) is 12.6. The lowest BCUT2D eigenvalue weighted by Gasteiger charge is -2.17. The van der Waals surface area contributed by atoms with Crippen LogP contribution in [0.4, 0.5) is 9.93 Å². The molecule has 0 fully saturated rings. The van der Waals surface area contributed by atoms with Gasteiger partial charge in [-0.2, -0.15) is 0 Å². The zero-order chi connectivity index (χ0) is 14.5. The van der Waals surface area contributed by atoms with Gasteiger partial charge < -0.3 is 10.4 Å². The van der Waals surface area contributed by atoms with E-state index >= 15 is 0 Å². The first-order chi connectivity index (χ1) is 9.58. The largest absolute Gasteiger partial charge is 0.394 e. The molecule has 3 N–H and O–H groups in total. The van der Waals surface area contributed by atoms with Crippen LogP contribution in [0.1, 0.15) is 20.3 Å². The maximum Gasteiger partial charge on any atom is 0.321 e. The molecule has 2 rings (SSSR count). The molecule has 6 heteroatoms. The van der Waals surface area contributed by atoms with E-state index in [1.807, 2.05) is 24.3 Å². The van der Waals surface area contributed by atoms with E-state index in [1.54, 1.807) is 0 Å². The summed E-state index contributed by atoms with van der Waals surface area (Å²) in [6, 6.07) is 7.16. The minimum Gasteiger partial charge on any atom is -0.394 e.